The first-order chi connectivity index (χ1) is 8.92. The summed E-state index contributed by atoms with van der Waals surface area (Å²) in [7, 11) is 2.00. The maximum Gasteiger partial charge on any atom is 0.177 e. The highest BCUT2D eigenvalue weighted by molar-refractivity contribution is 7.19. The second kappa shape index (κ2) is 6.80. The lowest BCUT2D eigenvalue weighted by atomic mass is 10.2. The van der Waals surface area contributed by atoms with Gasteiger partial charge in [0, 0.05) is 20.0 Å². The van der Waals surface area contributed by atoms with Gasteiger partial charge in [0.25, 0.3) is 0 Å². The molecule has 19 heavy (non-hydrogen) atoms. The minimum Gasteiger partial charge on any atom is -0.486 e. The summed E-state index contributed by atoms with van der Waals surface area (Å²) in [6, 6.07) is 0. The van der Waals surface area contributed by atoms with E-state index in [1.807, 2.05) is 27.8 Å². The van der Waals surface area contributed by atoms with Crippen LogP contribution in [0.5, 0.6) is 5.75 Å². The van der Waals surface area contributed by atoms with Crippen LogP contribution in [0.2, 0.25) is 0 Å². The Morgan fingerprint density at radius 3 is 2.53 bits per heavy atom. The Bertz CT molecular complexity index is 441. The molecule has 1 heterocycles. The monoisotopic (exact) mass is 284 g/mol. The van der Waals surface area contributed by atoms with Gasteiger partial charge in [-0.2, -0.15) is 0 Å². The van der Waals surface area contributed by atoms with E-state index < -0.39 is 0 Å². The Hall–Kier alpha value is -1.23. The van der Waals surface area contributed by atoms with Crippen molar-refractivity contribution in [2.75, 3.05) is 24.2 Å². The number of thiophene rings is 1. The fraction of sp³-hybridized carbons (Fsp3) is 0.643. The van der Waals surface area contributed by atoms with Gasteiger partial charge in [0.05, 0.1) is 16.7 Å². The zero-order chi connectivity index (χ0) is 14.6. The van der Waals surface area contributed by atoms with Crippen molar-refractivity contribution in [2.24, 2.45) is 0 Å². The molecule has 1 aromatic heterocycles. The number of hydrogen-bond acceptors (Lipinski definition) is 5. The molecule has 5 heteroatoms. The van der Waals surface area contributed by atoms with Crippen LogP contribution in [0, 0.1) is 0 Å². The molecule has 4 nitrogen and oxygen atoms in total. The number of rotatable bonds is 7. The zero-order valence-electron chi connectivity index (χ0n) is 12.4. The van der Waals surface area contributed by atoms with Crippen molar-refractivity contribution < 1.29 is 9.53 Å². The molecule has 0 amide bonds. The first kappa shape index (κ1) is 15.8. The van der Waals surface area contributed by atoms with Gasteiger partial charge in [-0.15, -0.1) is 11.3 Å². The fourth-order valence-corrected chi connectivity index (χ4v) is 2.97. The summed E-state index contributed by atoms with van der Waals surface area (Å²) >= 11 is 1.44. The van der Waals surface area contributed by atoms with E-state index in [1.54, 1.807) is 0 Å². The van der Waals surface area contributed by atoms with Crippen LogP contribution in [0.25, 0.3) is 0 Å². The predicted octanol–water partition coefficient (Wildman–Crippen LogP) is 3.56. The van der Waals surface area contributed by atoms with Crippen LogP contribution in [0.3, 0.4) is 0 Å². The van der Waals surface area contributed by atoms with E-state index in [9.17, 15) is 4.79 Å². The van der Waals surface area contributed by atoms with Gasteiger partial charge >= 0.3 is 0 Å². The van der Waals surface area contributed by atoms with Crippen LogP contribution in [-0.2, 0) is 0 Å². The van der Waals surface area contributed by atoms with Crippen LogP contribution < -0.4 is 15.4 Å². The molecular formula is C14H24N2O2S. The number of nitrogen functional groups attached to an aromatic ring is 1. The molecule has 0 unspecified atom stereocenters. The van der Waals surface area contributed by atoms with Crippen molar-refractivity contribution in [1.29, 1.82) is 0 Å². The maximum atomic E-state index is 11.9. The number of hydrogen-bond donors (Lipinski definition) is 1. The first-order valence-corrected chi connectivity index (χ1v) is 7.57. The van der Waals surface area contributed by atoms with E-state index in [0.29, 0.717) is 22.7 Å². The van der Waals surface area contributed by atoms with Crippen molar-refractivity contribution in [3.63, 3.8) is 0 Å². The number of carbonyl (C=O) groups is 1. The molecule has 0 aliphatic heterocycles. The predicted molar refractivity (Wildman–Crippen MR) is 82.7 cm³/mol. The third-order valence-corrected chi connectivity index (χ3v) is 4.06. The van der Waals surface area contributed by atoms with Gasteiger partial charge in [0.1, 0.15) is 5.00 Å². The summed E-state index contributed by atoms with van der Waals surface area (Å²) in [5.41, 5.74) is 6.59. The summed E-state index contributed by atoms with van der Waals surface area (Å²) in [6.07, 6.45) is 1.53. The number of nitrogens with two attached hydrogens (primary N) is 1. The summed E-state index contributed by atoms with van der Waals surface area (Å²) in [5.74, 6) is 0.736. The molecule has 0 aliphatic carbocycles. The average molecular weight is 284 g/mol. The Morgan fingerprint density at radius 2 is 2.05 bits per heavy atom. The van der Waals surface area contributed by atoms with Gasteiger partial charge < -0.3 is 15.4 Å². The molecule has 108 valence electrons. The summed E-state index contributed by atoms with van der Waals surface area (Å²) in [6.45, 7) is 8.80. The minimum atomic E-state index is 0.0373. The van der Waals surface area contributed by atoms with Crippen molar-refractivity contribution in [1.82, 2.24) is 0 Å². The average Bonchev–Trinajstić information content (AvgIpc) is 2.66. The topological polar surface area (TPSA) is 55.6 Å². The highest BCUT2D eigenvalue weighted by atomic mass is 32.1. The van der Waals surface area contributed by atoms with E-state index in [4.69, 9.17) is 10.5 Å². The lowest BCUT2D eigenvalue weighted by Gasteiger charge is -2.19. The van der Waals surface area contributed by atoms with Crippen molar-refractivity contribution in [3.8, 4) is 5.75 Å². The lowest BCUT2D eigenvalue weighted by Crippen LogP contribution is -2.18. The third-order valence-electron chi connectivity index (χ3n) is 2.72. The Balaban J connectivity index is 3.22. The molecule has 0 radical (unpaired) electrons. The summed E-state index contributed by atoms with van der Waals surface area (Å²) in [5, 5.41) is 0.949. The van der Waals surface area contributed by atoms with Gasteiger partial charge in [-0.1, -0.05) is 13.8 Å². The van der Waals surface area contributed by atoms with Gasteiger partial charge in [0.15, 0.2) is 11.5 Å². The molecule has 1 rings (SSSR count). The van der Waals surface area contributed by atoms with E-state index in [1.165, 1.54) is 11.3 Å². The van der Waals surface area contributed by atoms with Crippen LogP contribution in [0.1, 0.15) is 50.2 Å². The van der Waals surface area contributed by atoms with E-state index in [0.717, 1.165) is 18.0 Å². The smallest absolute Gasteiger partial charge is 0.177 e. The Kier molecular flexibility index (Phi) is 5.66. The SMILES string of the molecule is CCCN(C)c1sc(C(=O)CC)c(N)c1OC(C)C. The lowest BCUT2D eigenvalue weighted by molar-refractivity contribution is 0.0992. The number of ether oxygens (including phenoxy) is 1. The fourth-order valence-electron chi connectivity index (χ4n) is 1.82. The highest BCUT2D eigenvalue weighted by Crippen LogP contribution is 2.45. The number of nitrogens with zero attached hydrogens (tertiary/aromatic N) is 1. The van der Waals surface area contributed by atoms with E-state index in [2.05, 4.69) is 11.8 Å². The Labute approximate surface area is 119 Å². The summed E-state index contributed by atoms with van der Waals surface area (Å²) in [4.78, 5) is 14.6. The molecule has 2 N–H and O–H groups in total. The highest BCUT2D eigenvalue weighted by Gasteiger charge is 2.23. The van der Waals surface area contributed by atoms with E-state index in [-0.39, 0.29) is 11.9 Å². The maximum absolute atomic E-state index is 11.9. The third kappa shape index (κ3) is 3.62. The van der Waals surface area contributed by atoms with Crippen LogP contribution in [-0.4, -0.2) is 25.5 Å². The number of Topliss-reactive ketones (excluding diaryl/α,β-unsaturated/α-hetero) is 1. The standard InChI is InChI=1S/C14H24N2O2S/c1-6-8-16(5)14-12(18-9(3)4)11(15)13(19-14)10(17)7-2/h9H,6-8,15H2,1-5H3. The van der Waals surface area contributed by atoms with Crippen LogP contribution in [0.15, 0.2) is 0 Å². The van der Waals surface area contributed by atoms with Gasteiger partial charge in [0.2, 0.25) is 0 Å². The normalized spacial score (nSPS) is 10.8. The van der Waals surface area contributed by atoms with Gasteiger partial charge in [-0.3, -0.25) is 4.79 Å². The molecule has 1 aromatic rings. The Morgan fingerprint density at radius 1 is 1.42 bits per heavy atom. The molecule has 0 fully saturated rings. The van der Waals surface area contributed by atoms with Crippen LogP contribution >= 0.6 is 11.3 Å². The molecule has 0 aromatic carbocycles. The van der Waals surface area contributed by atoms with Gasteiger partial charge in [-0.25, -0.2) is 0 Å². The van der Waals surface area contributed by atoms with Gasteiger partial charge in [-0.05, 0) is 20.3 Å². The second-order valence-electron chi connectivity index (χ2n) is 4.84. The number of carbonyl (C=O) groups excluding carboxylic acids is 1. The zero-order valence-corrected chi connectivity index (χ0v) is 13.3. The van der Waals surface area contributed by atoms with Crippen molar-refractivity contribution >= 4 is 27.8 Å². The number of ketones is 1. The first-order valence-electron chi connectivity index (χ1n) is 6.75. The molecule has 0 aliphatic rings. The number of anilines is 2. The summed E-state index contributed by atoms with van der Waals surface area (Å²) < 4.78 is 5.81. The molecule has 0 saturated heterocycles. The van der Waals surface area contributed by atoms with E-state index >= 15 is 0 Å². The van der Waals surface area contributed by atoms with Crippen molar-refractivity contribution in [3.05, 3.63) is 4.88 Å². The van der Waals surface area contributed by atoms with Crippen molar-refractivity contribution in [2.45, 2.75) is 46.6 Å². The van der Waals surface area contributed by atoms with Crippen LogP contribution in [0.4, 0.5) is 10.7 Å². The quantitative estimate of drug-likeness (QED) is 0.778. The minimum absolute atomic E-state index is 0.0373. The molecule has 0 atom stereocenters. The molecular weight excluding hydrogens is 260 g/mol. The molecule has 0 bridgehead atoms. The molecule has 0 saturated carbocycles. The second-order valence-corrected chi connectivity index (χ2v) is 5.84. The largest absolute Gasteiger partial charge is 0.486 e. The molecule has 0 spiro atoms.